The molecule has 0 bridgehead atoms. The fraction of sp³-hybridized carbons (Fsp3) is 0.714. The average Bonchev–Trinajstić information content (AvgIpc) is 2.47. The number of fused-ring (bicyclic) bond motifs is 1. The summed E-state index contributed by atoms with van der Waals surface area (Å²) >= 11 is 3.52. The summed E-state index contributed by atoms with van der Waals surface area (Å²) in [6.45, 7) is 3.90. The maximum absolute atomic E-state index is 5.80. The van der Waals surface area contributed by atoms with Crippen LogP contribution in [0.25, 0.3) is 0 Å². The molecule has 104 valence electrons. The molecular formula is C14H20BrN3O. The summed E-state index contributed by atoms with van der Waals surface area (Å²) in [6.07, 6.45) is 6.72. The molecule has 4 nitrogen and oxygen atoms in total. The van der Waals surface area contributed by atoms with E-state index in [-0.39, 0.29) is 6.10 Å². The van der Waals surface area contributed by atoms with Gasteiger partial charge in [-0.2, -0.15) is 0 Å². The molecule has 3 rings (SSSR count). The molecule has 1 aromatic rings. The van der Waals surface area contributed by atoms with E-state index in [0.717, 1.165) is 37.1 Å². The van der Waals surface area contributed by atoms with Crippen molar-refractivity contribution in [3.8, 4) is 0 Å². The molecule has 5 heteroatoms. The minimum Gasteiger partial charge on any atom is -0.373 e. The number of alkyl halides is 1. The normalized spacial score (nSPS) is 27.2. The molecule has 0 radical (unpaired) electrons. The van der Waals surface area contributed by atoms with E-state index in [1.807, 2.05) is 0 Å². The molecule has 0 spiro atoms. The Morgan fingerprint density at radius 2 is 2.21 bits per heavy atom. The van der Waals surface area contributed by atoms with Crippen LogP contribution in [-0.2, 0) is 17.6 Å². The number of anilines is 1. The first-order valence-corrected chi connectivity index (χ1v) is 8.18. The Labute approximate surface area is 122 Å². The first kappa shape index (κ1) is 13.3. The highest BCUT2D eigenvalue weighted by atomic mass is 79.9. The molecule has 0 aromatic carbocycles. The lowest BCUT2D eigenvalue weighted by atomic mass is 9.95. The van der Waals surface area contributed by atoms with Gasteiger partial charge in [-0.15, -0.1) is 0 Å². The predicted molar refractivity (Wildman–Crippen MR) is 79.0 cm³/mol. The van der Waals surface area contributed by atoms with Crippen LogP contribution in [-0.4, -0.2) is 40.6 Å². The van der Waals surface area contributed by atoms with E-state index in [1.54, 1.807) is 6.33 Å². The van der Waals surface area contributed by atoms with Gasteiger partial charge in [0.15, 0.2) is 0 Å². The quantitative estimate of drug-likeness (QED) is 0.782. The van der Waals surface area contributed by atoms with Gasteiger partial charge in [0.1, 0.15) is 12.1 Å². The summed E-state index contributed by atoms with van der Waals surface area (Å²) in [4.78, 5) is 11.4. The fourth-order valence-corrected chi connectivity index (χ4v) is 3.35. The lowest BCUT2D eigenvalue weighted by Crippen LogP contribution is -2.49. The van der Waals surface area contributed by atoms with Gasteiger partial charge >= 0.3 is 0 Å². The predicted octanol–water partition coefficient (Wildman–Crippen LogP) is 2.34. The topological polar surface area (TPSA) is 38.2 Å². The summed E-state index contributed by atoms with van der Waals surface area (Å²) in [5.41, 5.74) is 2.63. The second-order valence-electron chi connectivity index (χ2n) is 5.44. The molecule has 1 saturated heterocycles. The van der Waals surface area contributed by atoms with E-state index in [4.69, 9.17) is 4.74 Å². The molecule has 1 aromatic heterocycles. The summed E-state index contributed by atoms with van der Waals surface area (Å²) in [5.74, 6) is 1.14. The standard InChI is InChI=1S/C14H20BrN3O/c1-10-8-19-11(6-15)7-18(10)14-12-4-2-3-5-13(12)16-9-17-14/h9-11H,2-8H2,1H3. The Morgan fingerprint density at radius 3 is 3.05 bits per heavy atom. The van der Waals surface area contributed by atoms with Gasteiger partial charge in [-0.3, -0.25) is 0 Å². The molecule has 2 heterocycles. The van der Waals surface area contributed by atoms with Crippen molar-refractivity contribution in [3.63, 3.8) is 0 Å². The first-order valence-electron chi connectivity index (χ1n) is 7.06. The zero-order valence-corrected chi connectivity index (χ0v) is 12.9. The third kappa shape index (κ3) is 2.63. The second-order valence-corrected chi connectivity index (χ2v) is 6.09. The molecule has 1 fully saturated rings. The number of morpholine rings is 1. The van der Waals surface area contributed by atoms with Crippen LogP contribution < -0.4 is 4.90 Å². The monoisotopic (exact) mass is 325 g/mol. The molecule has 0 saturated carbocycles. The molecule has 19 heavy (non-hydrogen) atoms. The highest BCUT2D eigenvalue weighted by molar-refractivity contribution is 9.09. The second kappa shape index (κ2) is 5.75. The molecule has 1 aliphatic carbocycles. The van der Waals surface area contributed by atoms with Crippen LogP contribution in [0.2, 0.25) is 0 Å². The van der Waals surface area contributed by atoms with E-state index in [1.165, 1.54) is 24.1 Å². The minimum absolute atomic E-state index is 0.255. The number of aryl methyl sites for hydroxylation is 1. The summed E-state index contributed by atoms with van der Waals surface area (Å²) in [7, 11) is 0. The summed E-state index contributed by atoms with van der Waals surface area (Å²) in [5, 5.41) is 0.878. The van der Waals surface area contributed by atoms with Crippen LogP contribution in [0.1, 0.15) is 31.0 Å². The summed E-state index contributed by atoms with van der Waals surface area (Å²) in [6, 6.07) is 0.385. The Bertz CT molecular complexity index is 454. The highest BCUT2D eigenvalue weighted by Crippen LogP contribution is 2.29. The van der Waals surface area contributed by atoms with Gasteiger partial charge in [-0.05, 0) is 32.6 Å². The Balaban J connectivity index is 1.92. The van der Waals surface area contributed by atoms with Gasteiger partial charge in [0.25, 0.3) is 0 Å². The zero-order chi connectivity index (χ0) is 13.2. The molecule has 0 N–H and O–H groups in total. The zero-order valence-electron chi connectivity index (χ0n) is 11.3. The molecule has 2 unspecified atom stereocenters. The number of hydrogen-bond acceptors (Lipinski definition) is 4. The van der Waals surface area contributed by atoms with Gasteiger partial charge in [0.05, 0.1) is 18.8 Å². The number of ether oxygens (including phenoxy) is 1. The van der Waals surface area contributed by atoms with E-state index >= 15 is 0 Å². The van der Waals surface area contributed by atoms with Gasteiger partial charge in [0, 0.05) is 23.1 Å². The van der Waals surface area contributed by atoms with Crippen molar-refractivity contribution in [1.29, 1.82) is 0 Å². The van der Waals surface area contributed by atoms with Crippen LogP contribution in [0.3, 0.4) is 0 Å². The number of nitrogens with zero attached hydrogens (tertiary/aromatic N) is 3. The van der Waals surface area contributed by atoms with Crippen LogP contribution in [0.15, 0.2) is 6.33 Å². The Kier molecular flexibility index (Phi) is 4.03. The molecular weight excluding hydrogens is 306 g/mol. The maximum atomic E-state index is 5.80. The number of halogens is 1. The van der Waals surface area contributed by atoms with Crippen molar-refractivity contribution in [1.82, 2.24) is 9.97 Å². The van der Waals surface area contributed by atoms with Crippen molar-refractivity contribution in [2.24, 2.45) is 0 Å². The van der Waals surface area contributed by atoms with Crippen molar-refractivity contribution in [2.45, 2.75) is 44.8 Å². The number of rotatable bonds is 2. The minimum atomic E-state index is 0.255. The third-order valence-corrected chi connectivity index (χ3v) is 4.77. The largest absolute Gasteiger partial charge is 0.373 e. The highest BCUT2D eigenvalue weighted by Gasteiger charge is 2.29. The van der Waals surface area contributed by atoms with Crippen molar-refractivity contribution in [3.05, 3.63) is 17.6 Å². The van der Waals surface area contributed by atoms with Gasteiger partial charge in [0.2, 0.25) is 0 Å². The Hall–Kier alpha value is -0.680. The van der Waals surface area contributed by atoms with Gasteiger partial charge < -0.3 is 9.64 Å². The Morgan fingerprint density at radius 1 is 1.37 bits per heavy atom. The molecule has 0 amide bonds. The first-order chi connectivity index (χ1) is 9.29. The lowest BCUT2D eigenvalue weighted by molar-refractivity contribution is 0.0375. The SMILES string of the molecule is CC1COC(CBr)CN1c1ncnc2c1CCCC2. The third-order valence-electron chi connectivity index (χ3n) is 4.05. The van der Waals surface area contributed by atoms with Crippen LogP contribution >= 0.6 is 15.9 Å². The van der Waals surface area contributed by atoms with Crippen molar-refractivity contribution >= 4 is 21.7 Å². The maximum Gasteiger partial charge on any atom is 0.135 e. The fourth-order valence-electron chi connectivity index (χ4n) is 2.96. The van der Waals surface area contributed by atoms with Crippen LogP contribution in [0.4, 0.5) is 5.82 Å². The van der Waals surface area contributed by atoms with Crippen LogP contribution in [0.5, 0.6) is 0 Å². The van der Waals surface area contributed by atoms with Crippen LogP contribution in [0, 0.1) is 0 Å². The average molecular weight is 326 g/mol. The molecule has 2 aliphatic rings. The van der Waals surface area contributed by atoms with E-state index in [9.17, 15) is 0 Å². The van der Waals surface area contributed by atoms with E-state index < -0.39 is 0 Å². The summed E-state index contributed by atoms with van der Waals surface area (Å²) < 4.78 is 5.80. The van der Waals surface area contributed by atoms with E-state index in [2.05, 4.69) is 37.7 Å². The van der Waals surface area contributed by atoms with E-state index in [0.29, 0.717) is 6.04 Å². The van der Waals surface area contributed by atoms with Crippen molar-refractivity contribution in [2.75, 3.05) is 23.4 Å². The smallest absolute Gasteiger partial charge is 0.135 e. The lowest BCUT2D eigenvalue weighted by Gasteiger charge is -2.39. The molecule has 1 aliphatic heterocycles. The number of aromatic nitrogens is 2. The van der Waals surface area contributed by atoms with Gasteiger partial charge in [-0.25, -0.2) is 9.97 Å². The number of hydrogen-bond donors (Lipinski definition) is 0. The van der Waals surface area contributed by atoms with Gasteiger partial charge in [-0.1, -0.05) is 15.9 Å². The molecule has 2 atom stereocenters. The van der Waals surface area contributed by atoms with Crippen molar-refractivity contribution < 1.29 is 4.74 Å².